The Morgan fingerprint density at radius 3 is 1.48 bits per heavy atom. The van der Waals surface area contributed by atoms with E-state index in [1.807, 2.05) is 0 Å². The molecule has 0 nitrogen and oxygen atoms in total. The minimum absolute atomic E-state index is 0.171. The van der Waals surface area contributed by atoms with Crippen LogP contribution in [0.5, 0.6) is 0 Å². The van der Waals surface area contributed by atoms with E-state index in [0.29, 0.717) is 10.6 Å². The summed E-state index contributed by atoms with van der Waals surface area (Å²) < 4.78 is 67.2. The van der Waals surface area contributed by atoms with Crippen LogP contribution in [0.2, 0.25) is 0 Å². The van der Waals surface area contributed by atoms with Crippen LogP contribution in [0.25, 0.3) is 0 Å². The summed E-state index contributed by atoms with van der Waals surface area (Å²) in [7, 11) is 0. The summed E-state index contributed by atoms with van der Waals surface area (Å²) in [5.74, 6) is 0. The van der Waals surface area contributed by atoms with Crippen LogP contribution < -0.4 is 10.6 Å². The van der Waals surface area contributed by atoms with Crippen LogP contribution in [0.15, 0.2) is 60.7 Å². The summed E-state index contributed by atoms with van der Waals surface area (Å²) in [6, 6.07) is 16.9. The SMILES string of the molecule is FC(F)(F)CCCCC(F)(F)P(=[Se])(c1ccccc1)c1ccccc1. The molecule has 0 aliphatic heterocycles. The van der Waals surface area contributed by atoms with E-state index in [1.165, 1.54) is 0 Å². The van der Waals surface area contributed by atoms with Gasteiger partial charge in [0.15, 0.2) is 0 Å². The van der Waals surface area contributed by atoms with Crippen LogP contribution in [0, 0.1) is 0 Å². The van der Waals surface area contributed by atoms with Gasteiger partial charge in [-0.2, -0.15) is 0 Å². The predicted octanol–water partition coefficient (Wildman–Crippen LogP) is 5.45. The number of alkyl halides is 5. The van der Waals surface area contributed by atoms with Gasteiger partial charge in [-0.15, -0.1) is 0 Å². The molecule has 0 heterocycles. The second-order valence-electron chi connectivity index (χ2n) is 5.77. The second-order valence-corrected chi connectivity index (χ2v) is 12.1. The maximum absolute atomic E-state index is 15.2. The van der Waals surface area contributed by atoms with E-state index in [0.717, 1.165) is 0 Å². The molecule has 2 aromatic carbocycles. The van der Waals surface area contributed by atoms with E-state index in [4.69, 9.17) is 0 Å². The molecule has 0 radical (unpaired) electrons. The van der Waals surface area contributed by atoms with Crippen LogP contribution in [0.3, 0.4) is 0 Å². The molecule has 7 heteroatoms. The third-order valence-corrected chi connectivity index (χ3v) is 11.4. The van der Waals surface area contributed by atoms with Gasteiger partial charge in [-0.25, -0.2) is 0 Å². The molecule has 2 aromatic rings. The molecule has 0 amide bonds. The average Bonchev–Trinajstić information content (AvgIpc) is 2.58. The first-order valence-corrected chi connectivity index (χ1v) is 11.8. The molecule has 0 bridgehead atoms. The summed E-state index contributed by atoms with van der Waals surface area (Å²) in [6.45, 7) is 0. The Labute approximate surface area is 151 Å². The van der Waals surface area contributed by atoms with E-state index in [9.17, 15) is 13.2 Å². The predicted molar refractivity (Wildman–Crippen MR) is 94.3 cm³/mol. The standard InChI is InChI=1S/C18H18F5PSe/c19-17(20,21)13-7-8-14-18(22,23)24(25,15-9-3-1-4-10-15)16-11-5-2-6-12-16/h1-6,9-12H,7-8,13-14H2. The van der Waals surface area contributed by atoms with Gasteiger partial charge in [0.25, 0.3) is 0 Å². The molecule has 0 fully saturated rings. The normalized spacial score (nSPS) is 13.0. The van der Waals surface area contributed by atoms with Crippen molar-refractivity contribution in [3.63, 3.8) is 0 Å². The van der Waals surface area contributed by atoms with Gasteiger partial charge in [0, 0.05) is 0 Å². The summed E-state index contributed by atoms with van der Waals surface area (Å²) in [4.78, 5) is 0. The quantitative estimate of drug-likeness (QED) is 0.233. The Balaban J connectivity index is 2.31. The van der Waals surface area contributed by atoms with Crippen LogP contribution in [0.4, 0.5) is 22.0 Å². The molecule has 0 aliphatic carbocycles. The Hall–Kier alpha value is -0.961. The van der Waals surface area contributed by atoms with Gasteiger partial charge in [-0.3, -0.25) is 0 Å². The molecule has 136 valence electrons. The number of rotatable bonds is 7. The van der Waals surface area contributed by atoms with E-state index in [1.54, 1.807) is 60.7 Å². The van der Waals surface area contributed by atoms with Gasteiger partial charge in [0.2, 0.25) is 0 Å². The zero-order valence-electron chi connectivity index (χ0n) is 13.3. The van der Waals surface area contributed by atoms with Crippen molar-refractivity contribution >= 4 is 31.2 Å². The third kappa shape index (κ3) is 5.03. The fourth-order valence-corrected chi connectivity index (χ4v) is 7.44. The maximum atomic E-state index is 15.2. The van der Waals surface area contributed by atoms with Gasteiger partial charge in [-0.1, -0.05) is 0 Å². The topological polar surface area (TPSA) is 0 Å². The van der Waals surface area contributed by atoms with Crippen molar-refractivity contribution in [3.8, 4) is 0 Å². The Bertz CT molecular complexity index is 670. The van der Waals surface area contributed by atoms with Crippen molar-refractivity contribution in [1.29, 1.82) is 0 Å². The first kappa shape index (κ1) is 20.4. The summed E-state index contributed by atoms with van der Waals surface area (Å²) in [5.41, 5.74) is -6.32. The summed E-state index contributed by atoms with van der Waals surface area (Å²) in [6.07, 6.45) is -6.37. The first-order valence-electron chi connectivity index (χ1n) is 7.83. The second kappa shape index (κ2) is 8.16. The Kier molecular flexibility index (Phi) is 6.64. The first-order chi connectivity index (χ1) is 11.7. The Morgan fingerprint density at radius 2 is 1.08 bits per heavy atom. The summed E-state index contributed by atoms with van der Waals surface area (Å²) in [5, 5.41) is 1.00. The van der Waals surface area contributed by atoms with Crippen LogP contribution >= 0.6 is 5.51 Å². The van der Waals surface area contributed by atoms with Gasteiger partial charge < -0.3 is 0 Å². The van der Waals surface area contributed by atoms with Crippen LogP contribution in [-0.4, -0.2) is 26.9 Å². The molecular weight excluding hydrogens is 421 g/mol. The molecule has 0 saturated carbocycles. The van der Waals surface area contributed by atoms with Gasteiger partial charge in [0.05, 0.1) is 0 Å². The molecule has 2 rings (SSSR count). The number of halogens is 5. The molecule has 0 saturated heterocycles. The molecule has 0 spiro atoms. The fourth-order valence-electron chi connectivity index (χ4n) is 2.62. The average molecular weight is 439 g/mol. The molecule has 0 atom stereocenters. The minimum atomic E-state index is -4.31. The zero-order valence-corrected chi connectivity index (χ0v) is 16.0. The van der Waals surface area contributed by atoms with E-state index >= 15 is 8.78 Å². The molecule has 0 unspecified atom stereocenters. The van der Waals surface area contributed by atoms with E-state index < -0.39 is 30.2 Å². The fraction of sp³-hybridized carbons (Fsp3) is 0.333. The third-order valence-electron chi connectivity index (χ3n) is 3.89. The number of hydrogen-bond acceptors (Lipinski definition) is 0. The van der Waals surface area contributed by atoms with Crippen molar-refractivity contribution in [2.24, 2.45) is 0 Å². The van der Waals surface area contributed by atoms with Crippen molar-refractivity contribution < 1.29 is 22.0 Å². The van der Waals surface area contributed by atoms with E-state index in [2.05, 4.69) is 15.1 Å². The number of unbranched alkanes of at least 4 members (excludes halogenated alkanes) is 1. The van der Waals surface area contributed by atoms with Gasteiger partial charge in [0.1, 0.15) is 0 Å². The van der Waals surface area contributed by atoms with Gasteiger partial charge >= 0.3 is 151 Å². The zero-order chi connectivity index (χ0) is 18.6. The van der Waals surface area contributed by atoms with Gasteiger partial charge in [-0.05, 0) is 0 Å². The molecule has 0 aliphatic rings. The summed E-state index contributed by atoms with van der Waals surface area (Å²) >= 11 is 2.76. The van der Waals surface area contributed by atoms with E-state index in [-0.39, 0.29) is 12.8 Å². The van der Waals surface area contributed by atoms with Crippen LogP contribution in [0.1, 0.15) is 25.7 Å². The number of benzene rings is 2. The molecular formula is C18H18F5PSe. The number of hydrogen-bond donors (Lipinski definition) is 0. The Morgan fingerprint density at radius 1 is 0.680 bits per heavy atom. The van der Waals surface area contributed by atoms with Crippen molar-refractivity contribution in [3.05, 3.63) is 60.7 Å². The van der Waals surface area contributed by atoms with Crippen molar-refractivity contribution in [2.75, 3.05) is 0 Å². The molecule has 0 N–H and O–H groups in total. The van der Waals surface area contributed by atoms with Crippen LogP contribution in [-0.2, 0) is 0 Å². The van der Waals surface area contributed by atoms with Crippen molar-refractivity contribution in [2.45, 2.75) is 37.5 Å². The molecule has 25 heavy (non-hydrogen) atoms. The molecule has 0 aromatic heterocycles. The monoisotopic (exact) mass is 440 g/mol. The van der Waals surface area contributed by atoms with Crippen molar-refractivity contribution in [1.82, 2.24) is 0 Å².